The molecule has 0 aliphatic heterocycles. The van der Waals surface area contributed by atoms with Gasteiger partial charge in [0, 0.05) is 36.0 Å². The topological polar surface area (TPSA) is 71.1 Å². The Morgan fingerprint density at radius 1 is 1.32 bits per heavy atom. The molecule has 1 fully saturated rings. The van der Waals surface area contributed by atoms with E-state index < -0.39 is 0 Å². The zero-order valence-corrected chi connectivity index (χ0v) is 14.6. The van der Waals surface area contributed by atoms with E-state index in [-0.39, 0.29) is 5.91 Å². The van der Waals surface area contributed by atoms with Crippen molar-refractivity contribution in [2.75, 3.05) is 11.9 Å². The molecule has 5 nitrogen and oxygen atoms in total. The van der Waals surface area contributed by atoms with Gasteiger partial charge in [-0.15, -0.1) is 0 Å². The molecule has 0 unspecified atom stereocenters. The highest BCUT2D eigenvalue weighted by atomic mass is 16.1. The number of pyridine rings is 1. The second-order valence-corrected chi connectivity index (χ2v) is 6.62. The first-order chi connectivity index (χ1) is 12.1. The summed E-state index contributed by atoms with van der Waals surface area (Å²) >= 11 is 0. The molecule has 1 aromatic heterocycles. The largest absolute Gasteiger partial charge is 0.326 e. The molecule has 1 aliphatic rings. The Kier molecular flexibility index (Phi) is 5.24. The fraction of sp³-hybridized carbons (Fsp3) is 0.350. The van der Waals surface area contributed by atoms with Gasteiger partial charge in [0.05, 0.1) is 5.69 Å². The Balaban J connectivity index is 1.88. The molecule has 5 heteroatoms. The average Bonchev–Trinajstić information content (AvgIpc) is 3.38. The van der Waals surface area contributed by atoms with Gasteiger partial charge in [0.1, 0.15) is 0 Å². The quantitative estimate of drug-likeness (QED) is 0.760. The minimum Gasteiger partial charge on any atom is -0.326 e. The zero-order chi connectivity index (χ0) is 17.8. The Hall–Kier alpha value is -2.53. The van der Waals surface area contributed by atoms with Crippen LogP contribution in [0.2, 0.25) is 0 Å². The Morgan fingerprint density at radius 3 is 2.80 bits per heavy atom. The van der Waals surface area contributed by atoms with Crippen LogP contribution in [0.25, 0.3) is 11.3 Å². The molecular formula is C20H23N3O2. The number of anilines is 1. The number of nitrogens with zero attached hydrogens (tertiary/aromatic N) is 1. The van der Waals surface area contributed by atoms with Crippen LogP contribution < -0.4 is 10.6 Å². The van der Waals surface area contributed by atoms with Crippen LogP contribution in [0.4, 0.5) is 5.69 Å². The highest BCUT2D eigenvalue weighted by Crippen LogP contribution is 2.28. The minimum atomic E-state index is -0.109. The van der Waals surface area contributed by atoms with E-state index in [2.05, 4.69) is 15.6 Å². The summed E-state index contributed by atoms with van der Waals surface area (Å²) in [4.78, 5) is 27.3. The molecule has 0 spiro atoms. The second-order valence-electron chi connectivity index (χ2n) is 6.62. The fourth-order valence-electron chi connectivity index (χ4n) is 2.90. The zero-order valence-electron chi connectivity index (χ0n) is 14.6. The molecule has 0 bridgehead atoms. The lowest BCUT2D eigenvalue weighted by Crippen LogP contribution is -2.18. The van der Waals surface area contributed by atoms with Gasteiger partial charge in [-0.3, -0.25) is 14.6 Å². The summed E-state index contributed by atoms with van der Waals surface area (Å²) in [6, 6.07) is 9.54. The maximum atomic E-state index is 11.5. The molecule has 2 aromatic rings. The van der Waals surface area contributed by atoms with Crippen molar-refractivity contribution in [2.24, 2.45) is 5.92 Å². The summed E-state index contributed by atoms with van der Waals surface area (Å²) < 4.78 is 0. The highest BCUT2D eigenvalue weighted by molar-refractivity contribution is 5.89. The Labute approximate surface area is 147 Å². The lowest BCUT2D eigenvalue weighted by atomic mass is 10.0. The third kappa shape index (κ3) is 4.51. The SMILES string of the molecule is CC(=O)Nc1cccc(-c2cc(CNCC3CC3)c(C=O)c(C)n2)c1. The molecule has 1 saturated carbocycles. The molecule has 1 aliphatic carbocycles. The van der Waals surface area contributed by atoms with Gasteiger partial charge in [-0.1, -0.05) is 12.1 Å². The predicted octanol–water partition coefficient (Wildman–Crippen LogP) is 3.33. The van der Waals surface area contributed by atoms with Crippen molar-refractivity contribution in [3.8, 4) is 11.3 Å². The molecule has 3 rings (SSSR count). The molecule has 0 saturated heterocycles. The number of benzene rings is 1. The summed E-state index contributed by atoms with van der Waals surface area (Å²) in [5.41, 5.74) is 4.79. The van der Waals surface area contributed by atoms with E-state index in [1.165, 1.54) is 19.8 Å². The van der Waals surface area contributed by atoms with E-state index in [0.717, 1.165) is 47.0 Å². The number of rotatable bonds is 7. The van der Waals surface area contributed by atoms with Crippen molar-refractivity contribution in [3.05, 3.63) is 47.2 Å². The smallest absolute Gasteiger partial charge is 0.221 e. The number of carbonyl (C=O) groups excluding carboxylic acids is 2. The number of hydrogen-bond acceptors (Lipinski definition) is 4. The van der Waals surface area contributed by atoms with E-state index in [1.54, 1.807) is 0 Å². The molecule has 1 amide bonds. The third-order valence-electron chi connectivity index (χ3n) is 4.38. The first-order valence-electron chi connectivity index (χ1n) is 8.61. The summed E-state index contributed by atoms with van der Waals surface area (Å²) in [6.07, 6.45) is 3.47. The minimum absolute atomic E-state index is 0.109. The van der Waals surface area contributed by atoms with Gasteiger partial charge in [-0.05, 0) is 56.0 Å². The monoisotopic (exact) mass is 337 g/mol. The van der Waals surface area contributed by atoms with Gasteiger partial charge in [-0.2, -0.15) is 0 Å². The molecule has 130 valence electrons. The lowest BCUT2D eigenvalue weighted by molar-refractivity contribution is -0.114. The maximum absolute atomic E-state index is 11.5. The fourth-order valence-corrected chi connectivity index (χ4v) is 2.90. The summed E-state index contributed by atoms with van der Waals surface area (Å²) in [5, 5.41) is 6.22. The molecule has 0 atom stereocenters. The van der Waals surface area contributed by atoms with Crippen LogP contribution in [-0.4, -0.2) is 23.7 Å². The van der Waals surface area contributed by atoms with Gasteiger partial charge in [0.2, 0.25) is 5.91 Å². The average molecular weight is 337 g/mol. The van der Waals surface area contributed by atoms with E-state index in [9.17, 15) is 9.59 Å². The van der Waals surface area contributed by atoms with Crippen molar-refractivity contribution in [2.45, 2.75) is 33.2 Å². The van der Waals surface area contributed by atoms with Gasteiger partial charge in [-0.25, -0.2) is 0 Å². The van der Waals surface area contributed by atoms with Crippen LogP contribution in [0.5, 0.6) is 0 Å². The van der Waals surface area contributed by atoms with Crippen molar-refractivity contribution in [1.29, 1.82) is 0 Å². The number of amides is 1. The van der Waals surface area contributed by atoms with Crippen LogP contribution in [0.15, 0.2) is 30.3 Å². The summed E-state index contributed by atoms with van der Waals surface area (Å²) in [5.74, 6) is 0.680. The van der Waals surface area contributed by atoms with Gasteiger partial charge >= 0.3 is 0 Å². The molecule has 25 heavy (non-hydrogen) atoms. The van der Waals surface area contributed by atoms with E-state index in [1.807, 2.05) is 37.3 Å². The first-order valence-corrected chi connectivity index (χ1v) is 8.61. The molecular weight excluding hydrogens is 314 g/mol. The maximum Gasteiger partial charge on any atom is 0.221 e. The third-order valence-corrected chi connectivity index (χ3v) is 4.38. The predicted molar refractivity (Wildman–Crippen MR) is 98.5 cm³/mol. The normalized spacial score (nSPS) is 13.5. The second kappa shape index (κ2) is 7.57. The molecule has 2 N–H and O–H groups in total. The number of carbonyl (C=O) groups is 2. The molecule has 0 radical (unpaired) electrons. The highest BCUT2D eigenvalue weighted by Gasteiger charge is 2.20. The Bertz CT molecular complexity index is 798. The van der Waals surface area contributed by atoms with Crippen LogP contribution in [0, 0.1) is 12.8 Å². The molecule has 1 heterocycles. The van der Waals surface area contributed by atoms with E-state index in [4.69, 9.17) is 0 Å². The number of nitrogens with one attached hydrogen (secondary N) is 2. The van der Waals surface area contributed by atoms with Gasteiger partial charge in [0.15, 0.2) is 6.29 Å². The molecule has 1 aromatic carbocycles. The van der Waals surface area contributed by atoms with E-state index >= 15 is 0 Å². The van der Waals surface area contributed by atoms with Crippen molar-refractivity contribution >= 4 is 17.9 Å². The lowest BCUT2D eigenvalue weighted by Gasteiger charge is -2.12. The Morgan fingerprint density at radius 2 is 2.12 bits per heavy atom. The number of aromatic nitrogens is 1. The van der Waals surface area contributed by atoms with Crippen molar-refractivity contribution < 1.29 is 9.59 Å². The standard InChI is InChI=1S/C20H23N3O2/c1-13-19(12-24)17(11-21-10-15-6-7-15)9-20(22-13)16-4-3-5-18(8-16)23-14(2)25/h3-5,8-9,12,15,21H,6-7,10-11H2,1-2H3,(H,23,25). The number of aldehydes is 1. The summed E-state index contributed by atoms with van der Waals surface area (Å²) in [7, 11) is 0. The van der Waals surface area contributed by atoms with Crippen LogP contribution in [-0.2, 0) is 11.3 Å². The van der Waals surface area contributed by atoms with Crippen LogP contribution in [0.3, 0.4) is 0 Å². The number of aryl methyl sites for hydroxylation is 1. The van der Waals surface area contributed by atoms with Gasteiger partial charge in [0.25, 0.3) is 0 Å². The van der Waals surface area contributed by atoms with Crippen LogP contribution >= 0.6 is 0 Å². The number of hydrogen-bond donors (Lipinski definition) is 2. The van der Waals surface area contributed by atoms with Crippen LogP contribution in [0.1, 0.15) is 41.4 Å². The summed E-state index contributed by atoms with van der Waals surface area (Å²) in [6.45, 7) is 4.99. The van der Waals surface area contributed by atoms with Crippen molar-refractivity contribution in [3.63, 3.8) is 0 Å². The van der Waals surface area contributed by atoms with Crippen molar-refractivity contribution in [1.82, 2.24) is 10.3 Å². The van der Waals surface area contributed by atoms with Gasteiger partial charge < -0.3 is 10.6 Å². The first kappa shape index (κ1) is 17.3. The van der Waals surface area contributed by atoms with E-state index in [0.29, 0.717) is 12.1 Å².